The number of hydrogen-bond donors (Lipinski definition) is 2. The van der Waals surface area contributed by atoms with E-state index in [-0.39, 0.29) is 5.78 Å². The van der Waals surface area contributed by atoms with Gasteiger partial charge in [0.25, 0.3) is 0 Å². The Hall–Kier alpha value is -1.74. The summed E-state index contributed by atoms with van der Waals surface area (Å²) in [4.78, 5) is 15.6. The Morgan fingerprint density at radius 3 is 2.80 bits per heavy atom. The summed E-state index contributed by atoms with van der Waals surface area (Å²) in [5.41, 5.74) is 11.3. The van der Waals surface area contributed by atoms with E-state index < -0.39 is 0 Å². The number of ketones is 1. The molecule has 1 heterocycles. The van der Waals surface area contributed by atoms with Crippen molar-refractivity contribution >= 4 is 23.1 Å². The molecule has 3 nitrogen and oxygen atoms in total. The number of nitrogen functional groups attached to an aromatic ring is 1. The van der Waals surface area contributed by atoms with Crippen LogP contribution < -0.4 is 5.73 Å². The minimum atomic E-state index is 0.234. The number of aryl methyl sites for hydroxylation is 1. The van der Waals surface area contributed by atoms with Crippen LogP contribution in [0, 0.1) is 6.92 Å². The lowest BCUT2D eigenvalue weighted by Crippen LogP contribution is -1.99. The fourth-order valence-corrected chi connectivity index (χ4v) is 3.19. The van der Waals surface area contributed by atoms with Crippen molar-refractivity contribution in [3.8, 4) is 11.3 Å². The maximum absolute atomic E-state index is 12.2. The Kier molecular flexibility index (Phi) is 3.30. The SMILES string of the molecule is Cc1[nH]c(-c2cc(N)ccc2Cl)c2c1C(=O)CCCC2. The fraction of sp³-hybridized carbons (Fsp3) is 0.312. The molecule has 3 rings (SSSR count). The molecule has 0 unspecified atom stereocenters. The number of aromatic nitrogens is 1. The van der Waals surface area contributed by atoms with Gasteiger partial charge in [0.15, 0.2) is 5.78 Å². The van der Waals surface area contributed by atoms with Gasteiger partial charge in [0.05, 0.1) is 10.7 Å². The van der Waals surface area contributed by atoms with Crippen LogP contribution in [-0.4, -0.2) is 10.8 Å². The summed E-state index contributed by atoms with van der Waals surface area (Å²) in [5.74, 6) is 0.234. The van der Waals surface area contributed by atoms with Crippen molar-refractivity contribution in [1.29, 1.82) is 0 Å². The van der Waals surface area contributed by atoms with E-state index in [9.17, 15) is 4.79 Å². The standard InChI is InChI=1S/C16H17ClN2O/c1-9-15-11(4-2-3-5-14(15)20)16(19-9)12-8-10(18)6-7-13(12)17/h6-8,19H,2-5,18H2,1H3. The molecule has 0 saturated carbocycles. The summed E-state index contributed by atoms with van der Waals surface area (Å²) in [6.45, 7) is 1.95. The molecule has 1 aromatic carbocycles. The Labute approximate surface area is 123 Å². The van der Waals surface area contributed by atoms with E-state index >= 15 is 0 Å². The van der Waals surface area contributed by atoms with Crippen LogP contribution in [0.2, 0.25) is 5.02 Å². The highest BCUT2D eigenvalue weighted by Crippen LogP contribution is 2.36. The molecule has 0 fully saturated rings. The molecule has 0 bridgehead atoms. The van der Waals surface area contributed by atoms with Gasteiger partial charge in [-0.2, -0.15) is 0 Å². The van der Waals surface area contributed by atoms with Crippen molar-refractivity contribution in [3.05, 3.63) is 40.0 Å². The lowest BCUT2D eigenvalue weighted by Gasteiger charge is -2.07. The second-order valence-electron chi connectivity index (χ2n) is 5.35. The first-order valence-corrected chi connectivity index (χ1v) is 7.25. The largest absolute Gasteiger partial charge is 0.399 e. The van der Waals surface area contributed by atoms with Crippen LogP contribution in [0.5, 0.6) is 0 Å². The predicted molar refractivity (Wildman–Crippen MR) is 82.3 cm³/mol. The van der Waals surface area contributed by atoms with Gasteiger partial charge in [-0.05, 0) is 49.9 Å². The molecular formula is C16H17ClN2O. The van der Waals surface area contributed by atoms with Crippen LogP contribution in [0.4, 0.5) is 5.69 Å². The van der Waals surface area contributed by atoms with Crippen LogP contribution >= 0.6 is 11.6 Å². The quantitative estimate of drug-likeness (QED) is 0.612. The second kappa shape index (κ2) is 4.98. The number of carbonyl (C=O) groups is 1. The average molecular weight is 289 g/mol. The number of rotatable bonds is 1. The number of nitrogens with two attached hydrogens (primary N) is 1. The maximum atomic E-state index is 12.2. The molecule has 20 heavy (non-hydrogen) atoms. The number of fused-ring (bicyclic) bond motifs is 1. The number of H-pyrrole nitrogens is 1. The van der Waals surface area contributed by atoms with E-state index in [2.05, 4.69) is 4.98 Å². The van der Waals surface area contributed by atoms with Gasteiger partial charge in [0, 0.05) is 28.9 Å². The number of hydrogen-bond acceptors (Lipinski definition) is 2. The topological polar surface area (TPSA) is 58.9 Å². The van der Waals surface area contributed by atoms with E-state index in [1.807, 2.05) is 13.0 Å². The van der Waals surface area contributed by atoms with Crippen LogP contribution in [0.25, 0.3) is 11.3 Å². The molecule has 0 aliphatic heterocycles. The molecule has 0 radical (unpaired) electrons. The summed E-state index contributed by atoms with van der Waals surface area (Å²) in [7, 11) is 0. The van der Waals surface area contributed by atoms with Crippen molar-refractivity contribution in [2.75, 3.05) is 5.73 Å². The van der Waals surface area contributed by atoms with Crippen LogP contribution in [0.15, 0.2) is 18.2 Å². The summed E-state index contributed by atoms with van der Waals surface area (Å²) >= 11 is 6.30. The number of benzene rings is 1. The molecular weight excluding hydrogens is 272 g/mol. The molecule has 104 valence electrons. The Balaban J connectivity index is 2.23. The fourth-order valence-electron chi connectivity index (χ4n) is 2.98. The summed E-state index contributed by atoms with van der Waals surface area (Å²) in [5, 5.41) is 0.653. The molecule has 0 saturated heterocycles. The minimum absolute atomic E-state index is 0.234. The molecule has 3 N–H and O–H groups in total. The normalized spacial score (nSPS) is 15.0. The van der Waals surface area contributed by atoms with Crippen molar-refractivity contribution in [1.82, 2.24) is 4.98 Å². The van der Waals surface area contributed by atoms with Crippen LogP contribution in [-0.2, 0) is 6.42 Å². The van der Waals surface area contributed by atoms with Crippen molar-refractivity contribution in [2.45, 2.75) is 32.6 Å². The minimum Gasteiger partial charge on any atom is -0.399 e. The molecule has 1 aromatic heterocycles. The highest BCUT2D eigenvalue weighted by molar-refractivity contribution is 6.33. The van der Waals surface area contributed by atoms with E-state index in [0.717, 1.165) is 47.3 Å². The Bertz CT molecular complexity index is 688. The third kappa shape index (κ3) is 2.12. The van der Waals surface area contributed by atoms with Gasteiger partial charge >= 0.3 is 0 Å². The molecule has 0 amide bonds. The van der Waals surface area contributed by atoms with Crippen molar-refractivity contribution in [3.63, 3.8) is 0 Å². The number of halogens is 1. The molecule has 2 aromatic rings. The monoisotopic (exact) mass is 288 g/mol. The number of carbonyl (C=O) groups excluding carboxylic acids is 1. The van der Waals surface area contributed by atoms with Crippen molar-refractivity contribution in [2.24, 2.45) is 0 Å². The highest BCUT2D eigenvalue weighted by atomic mass is 35.5. The van der Waals surface area contributed by atoms with E-state index in [4.69, 9.17) is 17.3 Å². The number of anilines is 1. The third-order valence-corrected chi connectivity index (χ3v) is 4.24. The predicted octanol–water partition coefficient (Wildman–Crippen LogP) is 4.13. The summed E-state index contributed by atoms with van der Waals surface area (Å²) in [6.07, 6.45) is 3.53. The van der Waals surface area contributed by atoms with E-state index in [1.165, 1.54) is 0 Å². The first-order chi connectivity index (χ1) is 9.58. The zero-order chi connectivity index (χ0) is 14.3. The average Bonchev–Trinajstić information content (AvgIpc) is 2.61. The lowest BCUT2D eigenvalue weighted by atomic mass is 9.99. The first kappa shape index (κ1) is 13.3. The molecule has 1 aliphatic rings. The highest BCUT2D eigenvalue weighted by Gasteiger charge is 2.24. The van der Waals surface area contributed by atoms with Gasteiger partial charge in [-0.15, -0.1) is 0 Å². The van der Waals surface area contributed by atoms with Gasteiger partial charge in [-0.1, -0.05) is 11.6 Å². The summed E-state index contributed by atoms with van der Waals surface area (Å²) in [6, 6.07) is 5.45. The molecule has 0 spiro atoms. The van der Waals surface area contributed by atoms with E-state index in [1.54, 1.807) is 12.1 Å². The van der Waals surface area contributed by atoms with Gasteiger partial charge in [0.2, 0.25) is 0 Å². The Morgan fingerprint density at radius 2 is 2.00 bits per heavy atom. The molecule has 0 atom stereocenters. The second-order valence-corrected chi connectivity index (χ2v) is 5.76. The number of Topliss-reactive ketones (excluding diaryl/α,β-unsaturated/α-hetero) is 1. The van der Waals surface area contributed by atoms with Crippen molar-refractivity contribution < 1.29 is 4.79 Å². The lowest BCUT2D eigenvalue weighted by molar-refractivity contribution is 0.0981. The summed E-state index contributed by atoms with van der Waals surface area (Å²) < 4.78 is 0. The smallest absolute Gasteiger partial charge is 0.164 e. The zero-order valence-electron chi connectivity index (χ0n) is 11.4. The van der Waals surface area contributed by atoms with Gasteiger partial charge in [-0.25, -0.2) is 0 Å². The molecule has 1 aliphatic carbocycles. The van der Waals surface area contributed by atoms with Gasteiger partial charge in [0.1, 0.15) is 0 Å². The van der Waals surface area contributed by atoms with Gasteiger partial charge < -0.3 is 10.7 Å². The van der Waals surface area contributed by atoms with Crippen LogP contribution in [0.1, 0.15) is 40.9 Å². The number of aromatic amines is 1. The zero-order valence-corrected chi connectivity index (χ0v) is 12.2. The third-order valence-electron chi connectivity index (χ3n) is 3.91. The Morgan fingerprint density at radius 1 is 1.25 bits per heavy atom. The maximum Gasteiger partial charge on any atom is 0.164 e. The number of nitrogens with one attached hydrogen (secondary N) is 1. The van der Waals surface area contributed by atoms with E-state index in [0.29, 0.717) is 17.1 Å². The first-order valence-electron chi connectivity index (χ1n) is 6.88. The van der Waals surface area contributed by atoms with Gasteiger partial charge in [-0.3, -0.25) is 4.79 Å². The van der Waals surface area contributed by atoms with Crippen LogP contribution in [0.3, 0.4) is 0 Å². The molecule has 4 heteroatoms.